The Bertz CT molecular complexity index is 1000. The molecule has 1 aliphatic heterocycles. The summed E-state index contributed by atoms with van der Waals surface area (Å²) in [7, 11) is 0. The molecule has 4 rings (SSSR count). The Kier molecular flexibility index (Phi) is 7.04. The van der Waals surface area contributed by atoms with Gasteiger partial charge >= 0.3 is 5.97 Å². The number of fused-ring (bicyclic) bond motifs is 2. The molecule has 0 fully saturated rings. The highest BCUT2D eigenvalue weighted by molar-refractivity contribution is 5.98. The van der Waals surface area contributed by atoms with Crippen molar-refractivity contribution in [2.24, 2.45) is 0 Å². The second-order valence-corrected chi connectivity index (χ2v) is 8.01. The Hall–Kier alpha value is -3.35. The summed E-state index contributed by atoms with van der Waals surface area (Å²) in [5, 5.41) is 2.95. The topological polar surface area (TPSA) is 90.9 Å². The van der Waals surface area contributed by atoms with E-state index >= 15 is 0 Å². The van der Waals surface area contributed by atoms with E-state index < -0.39 is 5.97 Å². The van der Waals surface area contributed by atoms with Crippen LogP contribution < -0.4 is 14.8 Å². The van der Waals surface area contributed by atoms with Crippen molar-refractivity contribution in [1.29, 1.82) is 0 Å². The highest BCUT2D eigenvalue weighted by atomic mass is 16.5. The van der Waals surface area contributed by atoms with Crippen molar-refractivity contribution < 1.29 is 28.6 Å². The van der Waals surface area contributed by atoms with Crippen LogP contribution in [0.4, 0.5) is 0 Å². The van der Waals surface area contributed by atoms with E-state index in [1.165, 1.54) is 5.56 Å². The van der Waals surface area contributed by atoms with Crippen molar-refractivity contribution in [2.45, 2.75) is 44.6 Å². The van der Waals surface area contributed by atoms with Crippen LogP contribution in [-0.2, 0) is 20.7 Å². The summed E-state index contributed by atoms with van der Waals surface area (Å²) in [5.74, 6) is 0.0453. The van der Waals surface area contributed by atoms with E-state index in [0.717, 1.165) is 31.2 Å². The zero-order valence-corrected chi connectivity index (χ0v) is 17.9. The smallest absolute Gasteiger partial charge is 0.306 e. The molecule has 1 aliphatic carbocycles. The minimum atomic E-state index is -0.577. The fourth-order valence-electron chi connectivity index (χ4n) is 4.05. The van der Waals surface area contributed by atoms with Gasteiger partial charge in [0, 0.05) is 18.4 Å². The monoisotopic (exact) mass is 437 g/mol. The number of esters is 1. The number of carbonyl (C=O) groups excluding carboxylic acids is 3. The van der Waals surface area contributed by atoms with Crippen LogP contribution in [0.1, 0.15) is 59.6 Å². The number of hydrogen-bond acceptors (Lipinski definition) is 6. The maximum absolute atomic E-state index is 12.5. The number of hydrogen-bond donors (Lipinski definition) is 1. The second kappa shape index (κ2) is 10.3. The summed E-state index contributed by atoms with van der Waals surface area (Å²) in [5.41, 5.74) is 2.82. The third kappa shape index (κ3) is 5.46. The van der Waals surface area contributed by atoms with E-state index in [4.69, 9.17) is 14.2 Å². The predicted molar refractivity (Wildman–Crippen MR) is 117 cm³/mol. The molecule has 2 aliphatic rings. The molecule has 1 amide bonds. The van der Waals surface area contributed by atoms with Crippen molar-refractivity contribution in [2.75, 3.05) is 19.8 Å². The highest BCUT2D eigenvalue weighted by Crippen LogP contribution is 2.31. The molecule has 0 saturated heterocycles. The summed E-state index contributed by atoms with van der Waals surface area (Å²) in [6, 6.07) is 13.0. The van der Waals surface area contributed by atoms with Crippen molar-refractivity contribution in [3.63, 3.8) is 0 Å². The van der Waals surface area contributed by atoms with Gasteiger partial charge in [0.05, 0.1) is 25.7 Å². The van der Waals surface area contributed by atoms with Gasteiger partial charge in [-0.05, 0) is 48.6 Å². The standard InChI is InChI=1S/C25H27NO6/c27-21(18-9-11-22-23(15-18)31-14-4-13-30-22)10-12-25(29)32-16-24(28)26-20-8-3-6-17-5-1-2-7-19(17)20/h1-2,5,7,9,11,15,20H,3-4,6,8,10,12-14,16H2,(H,26,28)/t20-/m0/s1. The Balaban J connectivity index is 1.22. The van der Waals surface area contributed by atoms with E-state index in [9.17, 15) is 14.4 Å². The largest absolute Gasteiger partial charge is 0.490 e. The molecule has 7 nitrogen and oxygen atoms in total. The number of benzene rings is 2. The molecule has 168 valence electrons. The van der Waals surface area contributed by atoms with Crippen molar-refractivity contribution in [3.8, 4) is 11.5 Å². The molecule has 2 aromatic carbocycles. The molecule has 0 aromatic heterocycles. The summed E-state index contributed by atoms with van der Waals surface area (Å²) in [6.07, 6.45) is 3.56. The van der Waals surface area contributed by atoms with E-state index in [1.54, 1.807) is 18.2 Å². The summed E-state index contributed by atoms with van der Waals surface area (Å²) in [4.78, 5) is 36.8. The van der Waals surface area contributed by atoms with Crippen LogP contribution >= 0.6 is 0 Å². The normalized spacial score (nSPS) is 16.9. The van der Waals surface area contributed by atoms with Gasteiger partial charge in [0.25, 0.3) is 5.91 Å². The van der Waals surface area contributed by atoms with Gasteiger partial charge < -0.3 is 19.5 Å². The van der Waals surface area contributed by atoms with Crippen LogP contribution in [0.25, 0.3) is 0 Å². The predicted octanol–water partition coefficient (Wildman–Crippen LogP) is 3.55. The number of Topliss-reactive ketones (excluding diaryl/α,β-unsaturated/α-hetero) is 1. The number of amides is 1. The molecule has 0 radical (unpaired) electrons. The molecule has 0 saturated carbocycles. The number of aryl methyl sites for hydroxylation is 1. The molecule has 2 aromatic rings. The molecule has 0 unspecified atom stereocenters. The SMILES string of the molecule is O=C(COC(=O)CCC(=O)c1ccc2c(c1)OCCCO2)N[C@H]1CCCc2ccccc21. The molecule has 1 N–H and O–H groups in total. The van der Waals surface area contributed by atoms with E-state index in [2.05, 4.69) is 11.4 Å². The minimum absolute atomic E-state index is 0.00387. The van der Waals surface area contributed by atoms with Crippen LogP contribution in [0.2, 0.25) is 0 Å². The minimum Gasteiger partial charge on any atom is -0.490 e. The lowest BCUT2D eigenvalue weighted by Crippen LogP contribution is -2.34. The van der Waals surface area contributed by atoms with Gasteiger partial charge in [-0.15, -0.1) is 0 Å². The third-order valence-electron chi connectivity index (χ3n) is 5.69. The fraction of sp³-hybridized carbons (Fsp3) is 0.400. The summed E-state index contributed by atoms with van der Waals surface area (Å²) < 4.78 is 16.2. The number of carbonyl (C=O) groups is 3. The molecule has 0 spiro atoms. The number of ketones is 1. The molecule has 32 heavy (non-hydrogen) atoms. The first-order valence-corrected chi connectivity index (χ1v) is 11.1. The van der Waals surface area contributed by atoms with Crippen LogP contribution in [0.15, 0.2) is 42.5 Å². The zero-order valence-electron chi connectivity index (χ0n) is 17.9. The second-order valence-electron chi connectivity index (χ2n) is 8.01. The van der Waals surface area contributed by atoms with Crippen molar-refractivity contribution >= 4 is 17.7 Å². The molecule has 0 bridgehead atoms. The first kappa shape index (κ1) is 21.9. The van der Waals surface area contributed by atoms with Crippen molar-refractivity contribution in [1.82, 2.24) is 5.32 Å². The number of nitrogens with one attached hydrogen (secondary N) is 1. The fourth-order valence-corrected chi connectivity index (χ4v) is 4.05. The average Bonchev–Trinajstić information content (AvgIpc) is 3.06. The molecule has 1 heterocycles. The average molecular weight is 437 g/mol. The number of ether oxygens (including phenoxy) is 3. The van der Waals surface area contributed by atoms with Crippen LogP contribution in [0.5, 0.6) is 11.5 Å². The third-order valence-corrected chi connectivity index (χ3v) is 5.69. The van der Waals surface area contributed by atoms with Crippen LogP contribution in [0.3, 0.4) is 0 Å². The molecule has 1 atom stereocenters. The van der Waals surface area contributed by atoms with Gasteiger partial charge in [0.1, 0.15) is 0 Å². The van der Waals surface area contributed by atoms with Crippen LogP contribution in [0, 0.1) is 0 Å². The summed E-state index contributed by atoms with van der Waals surface area (Å²) in [6.45, 7) is 0.758. The van der Waals surface area contributed by atoms with Gasteiger partial charge in [-0.3, -0.25) is 14.4 Å². The van der Waals surface area contributed by atoms with E-state index in [0.29, 0.717) is 30.3 Å². The van der Waals surface area contributed by atoms with Crippen molar-refractivity contribution in [3.05, 3.63) is 59.2 Å². The van der Waals surface area contributed by atoms with Gasteiger partial charge in [0.2, 0.25) is 0 Å². The lowest BCUT2D eigenvalue weighted by molar-refractivity contribution is -0.148. The maximum Gasteiger partial charge on any atom is 0.306 e. The first-order chi connectivity index (χ1) is 15.6. The van der Waals surface area contributed by atoms with E-state index in [-0.39, 0.29) is 37.2 Å². The lowest BCUT2D eigenvalue weighted by Gasteiger charge is -2.26. The van der Waals surface area contributed by atoms with Crippen LogP contribution in [-0.4, -0.2) is 37.5 Å². The Morgan fingerprint density at radius 2 is 1.78 bits per heavy atom. The molecule has 7 heteroatoms. The van der Waals surface area contributed by atoms with E-state index in [1.807, 2.05) is 18.2 Å². The Morgan fingerprint density at radius 1 is 0.969 bits per heavy atom. The Morgan fingerprint density at radius 3 is 2.66 bits per heavy atom. The summed E-state index contributed by atoms with van der Waals surface area (Å²) >= 11 is 0. The molecular weight excluding hydrogens is 410 g/mol. The highest BCUT2D eigenvalue weighted by Gasteiger charge is 2.22. The molecular formula is C25H27NO6. The Labute approximate surface area is 187 Å². The number of rotatable bonds is 7. The van der Waals surface area contributed by atoms with Gasteiger partial charge in [0.15, 0.2) is 23.9 Å². The lowest BCUT2D eigenvalue weighted by atomic mass is 9.88. The maximum atomic E-state index is 12.5. The van der Waals surface area contributed by atoms with Gasteiger partial charge in [-0.25, -0.2) is 0 Å². The van der Waals surface area contributed by atoms with Gasteiger partial charge in [-0.1, -0.05) is 24.3 Å². The van der Waals surface area contributed by atoms with Gasteiger partial charge in [-0.2, -0.15) is 0 Å². The first-order valence-electron chi connectivity index (χ1n) is 11.1. The zero-order chi connectivity index (χ0) is 22.3. The quantitative estimate of drug-likeness (QED) is 0.526.